The summed E-state index contributed by atoms with van der Waals surface area (Å²) >= 11 is 0. The van der Waals surface area contributed by atoms with Crippen molar-refractivity contribution >= 4 is 5.91 Å². The number of rotatable bonds is 10. The standard InChI is InChI=1S/C19H26FN3O2/c1-15-12-18(23(2)22-15)19(24)21-14-16-8-7-9-17(13-16)25-11-6-4-3-5-10-20/h7-9,12-13H,3-6,10-11,14H2,1-2H3,(H,21,24). The summed E-state index contributed by atoms with van der Waals surface area (Å²) in [6, 6.07) is 9.45. The maximum atomic E-state index is 12.2. The molecule has 5 nitrogen and oxygen atoms in total. The summed E-state index contributed by atoms with van der Waals surface area (Å²) in [4.78, 5) is 12.2. The number of carbonyl (C=O) groups is 1. The van der Waals surface area contributed by atoms with Gasteiger partial charge in [-0.05, 0) is 49.9 Å². The number of benzene rings is 1. The van der Waals surface area contributed by atoms with Crippen molar-refractivity contribution in [3.05, 3.63) is 47.3 Å². The zero-order valence-electron chi connectivity index (χ0n) is 14.9. The van der Waals surface area contributed by atoms with Crippen molar-refractivity contribution in [2.75, 3.05) is 13.3 Å². The van der Waals surface area contributed by atoms with E-state index in [0.717, 1.165) is 36.3 Å². The van der Waals surface area contributed by atoms with Gasteiger partial charge in [-0.2, -0.15) is 5.10 Å². The van der Waals surface area contributed by atoms with Crippen LogP contribution >= 0.6 is 0 Å². The highest BCUT2D eigenvalue weighted by Gasteiger charge is 2.11. The lowest BCUT2D eigenvalue weighted by Crippen LogP contribution is -2.25. The van der Waals surface area contributed by atoms with Crippen molar-refractivity contribution in [3.63, 3.8) is 0 Å². The minimum absolute atomic E-state index is 0.151. The molecule has 0 atom stereocenters. The molecular weight excluding hydrogens is 321 g/mol. The largest absolute Gasteiger partial charge is 0.494 e. The molecule has 0 spiro atoms. The molecule has 1 heterocycles. The number of ether oxygens (including phenoxy) is 1. The normalized spacial score (nSPS) is 10.7. The van der Waals surface area contributed by atoms with E-state index in [2.05, 4.69) is 10.4 Å². The lowest BCUT2D eigenvalue weighted by Gasteiger charge is -2.09. The summed E-state index contributed by atoms with van der Waals surface area (Å²) in [6.45, 7) is 2.66. The van der Waals surface area contributed by atoms with Gasteiger partial charge in [-0.25, -0.2) is 0 Å². The second kappa shape index (κ2) is 9.81. The molecule has 136 valence electrons. The first-order valence-electron chi connectivity index (χ1n) is 8.66. The first-order valence-corrected chi connectivity index (χ1v) is 8.66. The summed E-state index contributed by atoms with van der Waals surface area (Å²) in [6.07, 6.45) is 3.43. The second-order valence-electron chi connectivity index (χ2n) is 6.08. The van der Waals surface area contributed by atoms with Crippen LogP contribution in [-0.4, -0.2) is 29.0 Å². The Bertz CT molecular complexity index is 685. The van der Waals surface area contributed by atoms with Gasteiger partial charge in [0.05, 0.1) is 19.0 Å². The van der Waals surface area contributed by atoms with Crippen molar-refractivity contribution in [3.8, 4) is 5.75 Å². The third kappa shape index (κ3) is 6.21. The Morgan fingerprint density at radius 1 is 1.24 bits per heavy atom. The highest BCUT2D eigenvalue weighted by molar-refractivity contribution is 5.92. The minimum Gasteiger partial charge on any atom is -0.494 e. The predicted molar refractivity (Wildman–Crippen MR) is 95.5 cm³/mol. The third-order valence-electron chi connectivity index (χ3n) is 3.88. The summed E-state index contributed by atoms with van der Waals surface area (Å²) in [5.74, 6) is 0.635. The fourth-order valence-corrected chi connectivity index (χ4v) is 2.58. The number of hydrogen-bond acceptors (Lipinski definition) is 3. The fraction of sp³-hybridized carbons (Fsp3) is 0.474. The van der Waals surface area contributed by atoms with E-state index in [1.807, 2.05) is 31.2 Å². The molecular formula is C19H26FN3O2. The Hall–Kier alpha value is -2.37. The van der Waals surface area contributed by atoms with Gasteiger partial charge in [-0.3, -0.25) is 13.9 Å². The van der Waals surface area contributed by atoms with Gasteiger partial charge in [0.2, 0.25) is 0 Å². The number of nitrogens with one attached hydrogen (secondary N) is 1. The molecule has 2 rings (SSSR count). The number of aromatic nitrogens is 2. The van der Waals surface area contributed by atoms with Crippen molar-refractivity contribution in [1.29, 1.82) is 0 Å². The van der Waals surface area contributed by atoms with Gasteiger partial charge in [0.15, 0.2) is 0 Å². The first-order chi connectivity index (χ1) is 12.1. The van der Waals surface area contributed by atoms with Crippen molar-refractivity contribution < 1.29 is 13.9 Å². The quantitative estimate of drug-likeness (QED) is 0.669. The van der Waals surface area contributed by atoms with E-state index in [1.54, 1.807) is 17.8 Å². The maximum Gasteiger partial charge on any atom is 0.269 e. The van der Waals surface area contributed by atoms with Crippen LogP contribution in [0.1, 0.15) is 47.4 Å². The van der Waals surface area contributed by atoms with Gasteiger partial charge >= 0.3 is 0 Å². The maximum absolute atomic E-state index is 12.2. The lowest BCUT2D eigenvalue weighted by molar-refractivity contribution is 0.0941. The highest BCUT2D eigenvalue weighted by atomic mass is 19.1. The van der Waals surface area contributed by atoms with Crippen molar-refractivity contribution in [2.24, 2.45) is 7.05 Å². The van der Waals surface area contributed by atoms with Crippen LogP contribution in [0.3, 0.4) is 0 Å². The molecule has 1 amide bonds. The molecule has 0 aliphatic rings. The molecule has 25 heavy (non-hydrogen) atoms. The van der Waals surface area contributed by atoms with Gasteiger partial charge in [0.1, 0.15) is 11.4 Å². The van der Waals surface area contributed by atoms with Gasteiger partial charge in [0, 0.05) is 13.6 Å². The van der Waals surface area contributed by atoms with E-state index in [9.17, 15) is 9.18 Å². The predicted octanol–water partition coefficient (Wildman–Crippen LogP) is 3.57. The Morgan fingerprint density at radius 2 is 2.04 bits per heavy atom. The number of alkyl halides is 1. The molecule has 0 saturated carbocycles. The van der Waals surface area contributed by atoms with Crippen molar-refractivity contribution in [1.82, 2.24) is 15.1 Å². The summed E-state index contributed by atoms with van der Waals surface area (Å²) in [5.41, 5.74) is 2.33. The fourth-order valence-electron chi connectivity index (χ4n) is 2.58. The molecule has 0 aliphatic heterocycles. The van der Waals surface area contributed by atoms with E-state index in [1.165, 1.54) is 0 Å². The number of halogens is 1. The SMILES string of the molecule is Cc1cc(C(=O)NCc2cccc(OCCCCCCF)c2)n(C)n1. The van der Waals surface area contributed by atoms with E-state index in [0.29, 0.717) is 25.3 Å². The number of amides is 1. The molecule has 1 aromatic carbocycles. The number of aryl methyl sites for hydroxylation is 2. The van der Waals surface area contributed by atoms with Crippen LogP contribution in [0.2, 0.25) is 0 Å². The average Bonchev–Trinajstić information content (AvgIpc) is 2.94. The summed E-state index contributed by atoms with van der Waals surface area (Å²) in [7, 11) is 1.75. The van der Waals surface area contributed by atoms with E-state index < -0.39 is 0 Å². The number of carbonyl (C=O) groups excluding carboxylic acids is 1. The van der Waals surface area contributed by atoms with Crippen LogP contribution in [-0.2, 0) is 13.6 Å². The molecule has 2 aromatic rings. The molecule has 1 aromatic heterocycles. The molecule has 1 N–H and O–H groups in total. The molecule has 0 bridgehead atoms. The second-order valence-corrected chi connectivity index (χ2v) is 6.08. The van der Waals surface area contributed by atoms with Crippen molar-refractivity contribution in [2.45, 2.75) is 39.2 Å². The van der Waals surface area contributed by atoms with Gasteiger partial charge in [-0.15, -0.1) is 0 Å². The Kier molecular flexibility index (Phi) is 7.44. The van der Waals surface area contributed by atoms with Gasteiger partial charge in [0.25, 0.3) is 5.91 Å². The number of hydrogen-bond donors (Lipinski definition) is 1. The number of unbranched alkanes of at least 4 members (excludes halogenated alkanes) is 3. The molecule has 0 fully saturated rings. The first kappa shape index (κ1) is 19.0. The summed E-state index contributed by atoms with van der Waals surface area (Å²) in [5, 5.41) is 7.07. The molecule has 0 saturated heterocycles. The highest BCUT2D eigenvalue weighted by Crippen LogP contribution is 2.14. The van der Waals surface area contributed by atoms with Gasteiger partial charge in [-0.1, -0.05) is 18.6 Å². The van der Waals surface area contributed by atoms with Crippen LogP contribution in [0.5, 0.6) is 5.75 Å². The molecule has 6 heteroatoms. The monoisotopic (exact) mass is 347 g/mol. The Balaban J connectivity index is 1.79. The zero-order chi connectivity index (χ0) is 18.1. The number of nitrogens with zero attached hydrogens (tertiary/aromatic N) is 2. The van der Waals surface area contributed by atoms with Gasteiger partial charge < -0.3 is 10.1 Å². The van der Waals surface area contributed by atoms with Crippen LogP contribution in [0.25, 0.3) is 0 Å². The van der Waals surface area contributed by atoms with E-state index in [-0.39, 0.29) is 12.6 Å². The average molecular weight is 347 g/mol. The molecule has 0 radical (unpaired) electrons. The topological polar surface area (TPSA) is 56.1 Å². The molecule has 0 aliphatic carbocycles. The lowest BCUT2D eigenvalue weighted by atomic mass is 10.2. The van der Waals surface area contributed by atoms with Crippen LogP contribution in [0.4, 0.5) is 4.39 Å². The Labute approximate surface area is 148 Å². The zero-order valence-corrected chi connectivity index (χ0v) is 14.9. The van der Waals surface area contributed by atoms with Crippen LogP contribution < -0.4 is 10.1 Å². The third-order valence-corrected chi connectivity index (χ3v) is 3.88. The van der Waals surface area contributed by atoms with Crippen LogP contribution in [0.15, 0.2) is 30.3 Å². The Morgan fingerprint density at radius 3 is 2.76 bits per heavy atom. The van der Waals surface area contributed by atoms with E-state index in [4.69, 9.17) is 4.74 Å². The molecule has 0 unspecified atom stereocenters. The smallest absolute Gasteiger partial charge is 0.269 e. The van der Waals surface area contributed by atoms with Crippen LogP contribution in [0, 0.1) is 6.92 Å². The summed E-state index contributed by atoms with van der Waals surface area (Å²) < 4.78 is 19.3. The van der Waals surface area contributed by atoms with E-state index >= 15 is 0 Å². The minimum atomic E-state index is -0.243.